The molecular formula is C17H29NS. The van der Waals surface area contributed by atoms with Crippen molar-refractivity contribution in [2.24, 2.45) is 5.92 Å². The molecule has 3 atom stereocenters. The second-order valence-electron chi connectivity index (χ2n) is 5.41. The predicted octanol–water partition coefficient (Wildman–Crippen LogP) is 4.68. The molecule has 0 aliphatic heterocycles. The standard InChI is InChI=1S/C17H29NS/c1-6-13(3)12-19-14(4)17(18-5)16-10-8-15(7-2)9-11-16/h8-11,13-14,17-18H,6-7,12H2,1-5H3. The molecule has 19 heavy (non-hydrogen) atoms. The van der Waals surface area contributed by atoms with Gasteiger partial charge in [-0.1, -0.05) is 58.4 Å². The van der Waals surface area contributed by atoms with Gasteiger partial charge in [0.25, 0.3) is 0 Å². The highest BCUT2D eigenvalue weighted by Crippen LogP contribution is 2.28. The fourth-order valence-corrected chi connectivity index (χ4v) is 3.52. The van der Waals surface area contributed by atoms with Crippen LogP contribution in [0.2, 0.25) is 0 Å². The van der Waals surface area contributed by atoms with Gasteiger partial charge in [-0.05, 0) is 36.3 Å². The second kappa shape index (κ2) is 8.65. The molecule has 1 aromatic carbocycles. The van der Waals surface area contributed by atoms with Crippen LogP contribution in [-0.2, 0) is 6.42 Å². The Labute approximate surface area is 123 Å². The van der Waals surface area contributed by atoms with E-state index in [2.05, 4.69) is 76.1 Å². The molecule has 2 heteroatoms. The molecule has 0 saturated heterocycles. The van der Waals surface area contributed by atoms with Crippen LogP contribution in [0.5, 0.6) is 0 Å². The Morgan fingerprint density at radius 1 is 1.11 bits per heavy atom. The van der Waals surface area contributed by atoms with Crippen molar-refractivity contribution in [3.63, 3.8) is 0 Å². The Balaban J connectivity index is 2.64. The maximum atomic E-state index is 3.48. The van der Waals surface area contributed by atoms with Crippen molar-refractivity contribution >= 4 is 11.8 Å². The molecule has 0 radical (unpaired) electrons. The summed E-state index contributed by atoms with van der Waals surface area (Å²) in [5.74, 6) is 2.07. The smallest absolute Gasteiger partial charge is 0.0435 e. The molecule has 0 heterocycles. The number of hydrogen-bond acceptors (Lipinski definition) is 2. The van der Waals surface area contributed by atoms with E-state index in [4.69, 9.17) is 0 Å². The highest BCUT2D eigenvalue weighted by Gasteiger charge is 2.18. The van der Waals surface area contributed by atoms with Crippen LogP contribution in [0.25, 0.3) is 0 Å². The first kappa shape index (κ1) is 16.6. The molecule has 3 unspecified atom stereocenters. The Hall–Kier alpha value is -0.470. The minimum Gasteiger partial charge on any atom is -0.312 e. The van der Waals surface area contributed by atoms with E-state index >= 15 is 0 Å². The highest BCUT2D eigenvalue weighted by molar-refractivity contribution is 7.99. The van der Waals surface area contributed by atoms with Gasteiger partial charge >= 0.3 is 0 Å². The normalized spacial score (nSPS) is 16.1. The van der Waals surface area contributed by atoms with Crippen molar-refractivity contribution in [2.75, 3.05) is 12.8 Å². The van der Waals surface area contributed by atoms with Gasteiger partial charge in [-0.2, -0.15) is 11.8 Å². The Kier molecular flexibility index (Phi) is 7.55. The predicted molar refractivity (Wildman–Crippen MR) is 89.0 cm³/mol. The molecule has 0 aliphatic carbocycles. The Morgan fingerprint density at radius 3 is 2.21 bits per heavy atom. The van der Waals surface area contributed by atoms with Crippen LogP contribution in [0.4, 0.5) is 0 Å². The molecule has 0 bridgehead atoms. The van der Waals surface area contributed by atoms with Gasteiger partial charge in [-0.25, -0.2) is 0 Å². The summed E-state index contributed by atoms with van der Waals surface area (Å²) >= 11 is 2.08. The van der Waals surface area contributed by atoms with E-state index in [1.165, 1.54) is 23.3 Å². The average molecular weight is 279 g/mol. The third-order valence-electron chi connectivity index (χ3n) is 3.87. The monoisotopic (exact) mass is 279 g/mol. The largest absolute Gasteiger partial charge is 0.312 e. The first-order valence-corrected chi connectivity index (χ1v) is 8.54. The molecule has 0 aliphatic rings. The highest BCUT2D eigenvalue weighted by atomic mass is 32.2. The third-order valence-corrected chi connectivity index (χ3v) is 5.43. The van der Waals surface area contributed by atoms with E-state index < -0.39 is 0 Å². The van der Waals surface area contributed by atoms with Crippen molar-refractivity contribution in [1.82, 2.24) is 5.32 Å². The van der Waals surface area contributed by atoms with Gasteiger partial charge in [-0.15, -0.1) is 0 Å². The lowest BCUT2D eigenvalue weighted by molar-refractivity contribution is 0.583. The second-order valence-corrected chi connectivity index (χ2v) is 6.82. The van der Waals surface area contributed by atoms with Crippen LogP contribution >= 0.6 is 11.8 Å². The van der Waals surface area contributed by atoms with Crippen molar-refractivity contribution in [3.05, 3.63) is 35.4 Å². The zero-order valence-corrected chi connectivity index (χ0v) is 13.9. The summed E-state index contributed by atoms with van der Waals surface area (Å²) in [6.45, 7) is 9.15. The summed E-state index contributed by atoms with van der Waals surface area (Å²) in [4.78, 5) is 0. The van der Waals surface area contributed by atoms with Gasteiger partial charge in [0.2, 0.25) is 0 Å². The fraction of sp³-hybridized carbons (Fsp3) is 0.647. The molecule has 1 nitrogen and oxygen atoms in total. The van der Waals surface area contributed by atoms with Crippen LogP contribution in [0.3, 0.4) is 0 Å². The fourth-order valence-electron chi connectivity index (χ4n) is 2.16. The zero-order chi connectivity index (χ0) is 14.3. The van der Waals surface area contributed by atoms with E-state index in [1.807, 2.05) is 0 Å². The van der Waals surface area contributed by atoms with E-state index in [0.717, 1.165) is 12.3 Å². The maximum absolute atomic E-state index is 3.48. The topological polar surface area (TPSA) is 12.0 Å². The molecule has 0 spiro atoms. The van der Waals surface area contributed by atoms with Crippen LogP contribution in [0.15, 0.2) is 24.3 Å². The molecule has 0 amide bonds. The van der Waals surface area contributed by atoms with Crippen LogP contribution < -0.4 is 5.32 Å². The van der Waals surface area contributed by atoms with Gasteiger partial charge in [0, 0.05) is 11.3 Å². The minimum absolute atomic E-state index is 0.444. The van der Waals surface area contributed by atoms with Crippen molar-refractivity contribution < 1.29 is 0 Å². The first-order chi connectivity index (χ1) is 9.12. The molecule has 1 aromatic rings. The van der Waals surface area contributed by atoms with Gasteiger partial charge in [0.05, 0.1) is 0 Å². The summed E-state index contributed by atoms with van der Waals surface area (Å²) in [5.41, 5.74) is 2.82. The number of thioether (sulfide) groups is 1. The summed E-state index contributed by atoms with van der Waals surface area (Å²) in [5, 5.41) is 4.08. The van der Waals surface area contributed by atoms with Gasteiger partial charge in [-0.3, -0.25) is 0 Å². The molecule has 0 aromatic heterocycles. The van der Waals surface area contributed by atoms with Crippen LogP contribution in [-0.4, -0.2) is 18.1 Å². The molecule has 108 valence electrons. The molecule has 1 rings (SSSR count). The van der Waals surface area contributed by atoms with E-state index in [-0.39, 0.29) is 0 Å². The summed E-state index contributed by atoms with van der Waals surface area (Å²) < 4.78 is 0. The lowest BCUT2D eigenvalue weighted by atomic mass is 10.0. The zero-order valence-electron chi connectivity index (χ0n) is 13.1. The Bertz CT molecular complexity index is 347. The molecule has 0 fully saturated rings. The maximum Gasteiger partial charge on any atom is 0.0435 e. The molecule has 1 N–H and O–H groups in total. The SMILES string of the molecule is CCc1ccc(C(NC)C(C)SCC(C)CC)cc1. The third kappa shape index (κ3) is 5.19. The van der Waals surface area contributed by atoms with Gasteiger partial charge < -0.3 is 5.32 Å². The minimum atomic E-state index is 0.444. The lowest BCUT2D eigenvalue weighted by Crippen LogP contribution is -2.26. The quantitative estimate of drug-likeness (QED) is 0.741. The molecule has 0 saturated carbocycles. The lowest BCUT2D eigenvalue weighted by Gasteiger charge is -2.25. The van der Waals surface area contributed by atoms with Crippen LogP contribution in [0.1, 0.15) is 51.3 Å². The van der Waals surface area contributed by atoms with Crippen molar-refractivity contribution in [3.8, 4) is 0 Å². The number of nitrogens with one attached hydrogen (secondary N) is 1. The van der Waals surface area contributed by atoms with Crippen molar-refractivity contribution in [2.45, 2.75) is 51.8 Å². The van der Waals surface area contributed by atoms with E-state index in [1.54, 1.807) is 0 Å². The summed E-state index contributed by atoms with van der Waals surface area (Å²) in [6, 6.07) is 9.51. The number of rotatable bonds is 8. The van der Waals surface area contributed by atoms with Crippen molar-refractivity contribution in [1.29, 1.82) is 0 Å². The van der Waals surface area contributed by atoms with Crippen LogP contribution in [0, 0.1) is 5.92 Å². The van der Waals surface area contributed by atoms with Gasteiger partial charge in [0.1, 0.15) is 0 Å². The summed E-state index contributed by atoms with van der Waals surface area (Å²) in [7, 11) is 2.07. The average Bonchev–Trinajstić information content (AvgIpc) is 2.46. The van der Waals surface area contributed by atoms with Gasteiger partial charge in [0.15, 0.2) is 0 Å². The van der Waals surface area contributed by atoms with E-state index in [0.29, 0.717) is 11.3 Å². The molecular weight excluding hydrogens is 250 g/mol. The first-order valence-electron chi connectivity index (χ1n) is 7.50. The summed E-state index contributed by atoms with van der Waals surface area (Å²) in [6.07, 6.45) is 2.39. The Morgan fingerprint density at radius 2 is 1.74 bits per heavy atom. The number of benzene rings is 1. The van der Waals surface area contributed by atoms with E-state index in [9.17, 15) is 0 Å². The number of aryl methyl sites for hydroxylation is 1. The number of hydrogen-bond donors (Lipinski definition) is 1.